The lowest BCUT2D eigenvalue weighted by Gasteiger charge is -2.10. The molecule has 7 nitrogen and oxygen atoms in total. The van der Waals surface area contributed by atoms with Gasteiger partial charge >= 0.3 is 0 Å². The Labute approximate surface area is 111 Å². The van der Waals surface area contributed by atoms with Gasteiger partial charge in [-0.15, -0.1) is 0 Å². The number of amides is 1. The first-order valence-corrected chi connectivity index (χ1v) is 6.01. The van der Waals surface area contributed by atoms with Gasteiger partial charge in [0.1, 0.15) is 12.1 Å². The molecule has 2 aromatic rings. The van der Waals surface area contributed by atoms with E-state index in [9.17, 15) is 4.79 Å². The van der Waals surface area contributed by atoms with Gasteiger partial charge in [0.05, 0.1) is 0 Å². The zero-order valence-electron chi connectivity index (χ0n) is 11.1. The monoisotopic (exact) mass is 260 g/mol. The number of hydrogen-bond donors (Lipinski definition) is 2. The van der Waals surface area contributed by atoms with Crippen molar-refractivity contribution in [1.82, 2.24) is 25.1 Å². The van der Waals surface area contributed by atoms with Crippen LogP contribution in [0, 0.1) is 0 Å². The number of nitrogens with zero attached hydrogens (tertiary/aromatic N) is 4. The molecule has 2 N–H and O–H groups in total. The van der Waals surface area contributed by atoms with Crippen molar-refractivity contribution in [2.24, 2.45) is 0 Å². The molecule has 0 atom stereocenters. The zero-order chi connectivity index (χ0) is 13.8. The van der Waals surface area contributed by atoms with Crippen LogP contribution < -0.4 is 10.6 Å². The van der Waals surface area contributed by atoms with Gasteiger partial charge in [0.15, 0.2) is 11.5 Å². The maximum atomic E-state index is 11.5. The quantitative estimate of drug-likeness (QED) is 0.842. The topological polar surface area (TPSA) is 84.7 Å². The highest BCUT2D eigenvalue weighted by molar-refractivity contribution is 5.91. The average molecular weight is 260 g/mol. The van der Waals surface area contributed by atoms with Gasteiger partial charge in [-0.3, -0.25) is 4.79 Å². The Kier molecular flexibility index (Phi) is 3.74. The Bertz CT molecular complexity index is 592. The molecule has 19 heavy (non-hydrogen) atoms. The SMILES string of the molecule is CCc1c(NC)ncnc1-n1ccc(C(=O)NC)n1. The molecule has 0 radical (unpaired) electrons. The Balaban J connectivity index is 2.47. The second-order valence-corrected chi connectivity index (χ2v) is 3.85. The van der Waals surface area contributed by atoms with Crippen LogP contribution in [0.4, 0.5) is 5.82 Å². The molecule has 1 amide bonds. The molecule has 100 valence electrons. The predicted molar refractivity (Wildman–Crippen MR) is 71.5 cm³/mol. The lowest BCUT2D eigenvalue weighted by molar-refractivity contribution is 0.0957. The first-order chi connectivity index (χ1) is 9.21. The van der Waals surface area contributed by atoms with E-state index in [2.05, 4.69) is 25.7 Å². The summed E-state index contributed by atoms with van der Waals surface area (Å²) < 4.78 is 1.59. The number of carbonyl (C=O) groups excluding carboxylic acids is 1. The number of rotatable bonds is 4. The van der Waals surface area contributed by atoms with Crippen molar-refractivity contribution in [1.29, 1.82) is 0 Å². The van der Waals surface area contributed by atoms with E-state index in [0.29, 0.717) is 11.5 Å². The van der Waals surface area contributed by atoms with Crippen molar-refractivity contribution in [3.63, 3.8) is 0 Å². The maximum absolute atomic E-state index is 11.5. The number of hydrogen-bond acceptors (Lipinski definition) is 5. The molecule has 2 heterocycles. The van der Waals surface area contributed by atoms with Crippen LogP contribution in [0.15, 0.2) is 18.6 Å². The Hall–Kier alpha value is -2.44. The second kappa shape index (κ2) is 5.47. The Morgan fingerprint density at radius 2 is 2.16 bits per heavy atom. The molecular formula is C12H16N6O. The summed E-state index contributed by atoms with van der Waals surface area (Å²) in [6.07, 6.45) is 3.95. The molecule has 0 aliphatic carbocycles. The minimum atomic E-state index is -0.223. The summed E-state index contributed by atoms with van der Waals surface area (Å²) in [5, 5.41) is 9.79. The van der Waals surface area contributed by atoms with Gasteiger partial charge in [-0.1, -0.05) is 6.92 Å². The summed E-state index contributed by atoms with van der Waals surface area (Å²) in [5.41, 5.74) is 1.31. The molecule has 7 heteroatoms. The summed E-state index contributed by atoms with van der Waals surface area (Å²) >= 11 is 0. The van der Waals surface area contributed by atoms with Crippen molar-refractivity contribution in [2.75, 3.05) is 19.4 Å². The lowest BCUT2D eigenvalue weighted by Crippen LogP contribution is -2.18. The smallest absolute Gasteiger partial charge is 0.271 e. The van der Waals surface area contributed by atoms with Crippen molar-refractivity contribution in [3.05, 3.63) is 29.8 Å². The van der Waals surface area contributed by atoms with Gasteiger partial charge in [0.25, 0.3) is 5.91 Å². The third kappa shape index (κ3) is 2.40. The van der Waals surface area contributed by atoms with Crippen LogP contribution >= 0.6 is 0 Å². The standard InChI is InChI=1S/C12H16N6O/c1-4-8-10(13-2)15-7-16-11(8)18-6-5-9(17-18)12(19)14-3/h5-7H,4H2,1-3H3,(H,14,19)(H,13,15,16). The van der Waals surface area contributed by atoms with Crippen LogP contribution in [0.2, 0.25) is 0 Å². The van der Waals surface area contributed by atoms with Gasteiger partial charge < -0.3 is 10.6 Å². The van der Waals surface area contributed by atoms with E-state index in [-0.39, 0.29) is 5.91 Å². The highest BCUT2D eigenvalue weighted by atomic mass is 16.1. The van der Waals surface area contributed by atoms with Gasteiger partial charge in [0, 0.05) is 25.9 Å². The Morgan fingerprint density at radius 3 is 2.79 bits per heavy atom. The molecule has 0 fully saturated rings. The minimum Gasteiger partial charge on any atom is -0.373 e. The maximum Gasteiger partial charge on any atom is 0.271 e. The summed E-state index contributed by atoms with van der Waals surface area (Å²) in [5.74, 6) is 1.22. The third-order valence-electron chi connectivity index (χ3n) is 2.78. The van der Waals surface area contributed by atoms with Crippen LogP contribution in [0.5, 0.6) is 0 Å². The lowest BCUT2D eigenvalue weighted by atomic mass is 10.2. The fourth-order valence-corrected chi connectivity index (χ4v) is 1.83. The normalized spacial score (nSPS) is 10.3. The average Bonchev–Trinajstić information content (AvgIpc) is 2.95. The van der Waals surface area contributed by atoms with Crippen molar-refractivity contribution >= 4 is 11.7 Å². The van der Waals surface area contributed by atoms with Crippen LogP contribution in [-0.4, -0.2) is 39.8 Å². The molecule has 0 bridgehead atoms. The van der Waals surface area contributed by atoms with Gasteiger partial charge in [-0.05, 0) is 12.5 Å². The number of carbonyl (C=O) groups is 1. The zero-order valence-corrected chi connectivity index (χ0v) is 11.1. The predicted octanol–water partition coefficient (Wildman–Crippen LogP) is 0.626. The summed E-state index contributed by atoms with van der Waals surface area (Å²) in [4.78, 5) is 19.9. The summed E-state index contributed by atoms with van der Waals surface area (Å²) in [7, 11) is 3.38. The molecule has 0 aliphatic rings. The van der Waals surface area contributed by atoms with E-state index in [0.717, 1.165) is 17.8 Å². The van der Waals surface area contributed by atoms with Crippen molar-refractivity contribution in [3.8, 4) is 5.82 Å². The highest BCUT2D eigenvalue weighted by Gasteiger charge is 2.13. The molecule has 0 saturated carbocycles. The second-order valence-electron chi connectivity index (χ2n) is 3.85. The number of nitrogens with one attached hydrogen (secondary N) is 2. The van der Waals surface area contributed by atoms with Crippen LogP contribution in [0.1, 0.15) is 23.0 Å². The third-order valence-corrected chi connectivity index (χ3v) is 2.78. The summed E-state index contributed by atoms with van der Waals surface area (Å²) in [6.45, 7) is 2.02. The van der Waals surface area contributed by atoms with Crippen molar-refractivity contribution in [2.45, 2.75) is 13.3 Å². The van der Waals surface area contributed by atoms with Gasteiger partial charge in [0.2, 0.25) is 0 Å². The molecule has 0 saturated heterocycles. The van der Waals surface area contributed by atoms with E-state index >= 15 is 0 Å². The fourth-order valence-electron chi connectivity index (χ4n) is 1.83. The molecule has 2 aromatic heterocycles. The first-order valence-electron chi connectivity index (χ1n) is 6.01. The first kappa shape index (κ1) is 13.0. The molecule has 0 aromatic carbocycles. The van der Waals surface area contributed by atoms with Crippen LogP contribution in [0.3, 0.4) is 0 Å². The van der Waals surface area contributed by atoms with Crippen LogP contribution in [-0.2, 0) is 6.42 Å². The van der Waals surface area contributed by atoms with Crippen LogP contribution in [0.25, 0.3) is 5.82 Å². The summed E-state index contributed by atoms with van der Waals surface area (Å²) in [6, 6.07) is 1.65. The molecular weight excluding hydrogens is 244 g/mol. The van der Waals surface area contributed by atoms with E-state index in [1.54, 1.807) is 24.0 Å². The molecule has 0 unspecified atom stereocenters. The highest BCUT2D eigenvalue weighted by Crippen LogP contribution is 2.18. The molecule has 2 rings (SSSR count). The van der Waals surface area contributed by atoms with Gasteiger partial charge in [-0.25, -0.2) is 14.6 Å². The van der Waals surface area contributed by atoms with Gasteiger partial charge in [-0.2, -0.15) is 5.10 Å². The van der Waals surface area contributed by atoms with E-state index in [1.165, 1.54) is 6.33 Å². The van der Waals surface area contributed by atoms with E-state index in [4.69, 9.17) is 0 Å². The van der Waals surface area contributed by atoms with E-state index in [1.807, 2.05) is 14.0 Å². The molecule has 0 spiro atoms. The van der Waals surface area contributed by atoms with E-state index < -0.39 is 0 Å². The fraction of sp³-hybridized carbons (Fsp3) is 0.333. The Morgan fingerprint density at radius 1 is 1.37 bits per heavy atom. The molecule has 0 aliphatic heterocycles. The minimum absolute atomic E-state index is 0.223. The number of anilines is 1. The van der Waals surface area contributed by atoms with Crippen molar-refractivity contribution < 1.29 is 4.79 Å². The number of aromatic nitrogens is 4. The largest absolute Gasteiger partial charge is 0.373 e.